The molecule has 2 nitrogen and oxygen atoms in total. The molecule has 1 aromatic carbocycles. The highest BCUT2D eigenvalue weighted by Crippen LogP contribution is 2.20. The molecule has 1 unspecified atom stereocenters. The van der Waals surface area contributed by atoms with E-state index in [-0.39, 0.29) is 6.04 Å². The lowest BCUT2D eigenvalue weighted by molar-refractivity contribution is 0.301. The van der Waals surface area contributed by atoms with Gasteiger partial charge in [0.1, 0.15) is 5.75 Å². The van der Waals surface area contributed by atoms with E-state index < -0.39 is 0 Å². The Balaban J connectivity index is 1.90. The van der Waals surface area contributed by atoms with Crippen molar-refractivity contribution >= 4 is 0 Å². The minimum Gasteiger partial charge on any atom is -0.493 e. The van der Waals surface area contributed by atoms with Gasteiger partial charge in [0.25, 0.3) is 0 Å². The van der Waals surface area contributed by atoms with Crippen LogP contribution in [0.4, 0.5) is 0 Å². The SMILES string of the molecule is CCCCCCCCCCCCCCCCOc1ccccc1CC(C)N. The van der Waals surface area contributed by atoms with Crippen molar-refractivity contribution in [2.24, 2.45) is 5.73 Å². The van der Waals surface area contributed by atoms with Crippen molar-refractivity contribution in [3.63, 3.8) is 0 Å². The molecule has 0 spiro atoms. The quantitative estimate of drug-likeness (QED) is 0.271. The second-order valence-corrected chi connectivity index (χ2v) is 8.23. The molecule has 0 fully saturated rings. The van der Waals surface area contributed by atoms with Gasteiger partial charge in [-0.1, -0.05) is 109 Å². The van der Waals surface area contributed by atoms with Crippen molar-refractivity contribution in [3.8, 4) is 5.75 Å². The maximum absolute atomic E-state index is 5.99. The number of hydrogen-bond donors (Lipinski definition) is 1. The summed E-state index contributed by atoms with van der Waals surface area (Å²) in [6, 6.07) is 8.49. The zero-order valence-electron chi connectivity index (χ0n) is 18.2. The maximum atomic E-state index is 5.99. The number of ether oxygens (including phenoxy) is 1. The smallest absolute Gasteiger partial charge is 0.122 e. The van der Waals surface area contributed by atoms with Crippen LogP contribution in [0.3, 0.4) is 0 Å². The van der Waals surface area contributed by atoms with E-state index in [1.807, 2.05) is 13.0 Å². The minimum atomic E-state index is 0.177. The summed E-state index contributed by atoms with van der Waals surface area (Å²) in [5, 5.41) is 0. The third-order valence-electron chi connectivity index (χ3n) is 5.27. The molecule has 27 heavy (non-hydrogen) atoms. The molecule has 1 rings (SSSR count). The van der Waals surface area contributed by atoms with Gasteiger partial charge in [0, 0.05) is 6.04 Å². The summed E-state index contributed by atoms with van der Waals surface area (Å²) in [5.41, 5.74) is 7.16. The monoisotopic (exact) mass is 375 g/mol. The molecule has 1 aromatic rings. The molecule has 0 saturated heterocycles. The minimum absolute atomic E-state index is 0.177. The van der Waals surface area contributed by atoms with Crippen molar-refractivity contribution in [1.82, 2.24) is 0 Å². The van der Waals surface area contributed by atoms with E-state index in [1.54, 1.807) is 0 Å². The largest absolute Gasteiger partial charge is 0.493 e. The predicted molar refractivity (Wildman–Crippen MR) is 120 cm³/mol. The van der Waals surface area contributed by atoms with Gasteiger partial charge in [-0.3, -0.25) is 0 Å². The lowest BCUT2D eigenvalue weighted by Gasteiger charge is -2.13. The van der Waals surface area contributed by atoms with E-state index in [4.69, 9.17) is 10.5 Å². The summed E-state index contributed by atoms with van der Waals surface area (Å²) in [6.45, 7) is 5.16. The fourth-order valence-electron chi connectivity index (χ4n) is 3.64. The standard InChI is InChI=1S/C25H45NO/c1-3-4-5-6-7-8-9-10-11-12-13-14-15-18-21-27-25-20-17-16-19-24(25)22-23(2)26/h16-17,19-20,23H,3-15,18,21-22,26H2,1-2H3. The van der Waals surface area contributed by atoms with Gasteiger partial charge in [0.2, 0.25) is 0 Å². The number of unbranched alkanes of at least 4 members (excludes halogenated alkanes) is 13. The fraction of sp³-hybridized carbons (Fsp3) is 0.760. The average Bonchev–Trinajstić information content (AvgIpc) is 2.65. The van der Waals surface area contributed by atoms with Crippen LogP contribution >= 0.6 is 0 Å². The Morgan fingerprint density at radius 2 is 1.22 bits per heavy atom. The van der Waals surface area contributed by atoms with Gasteiger partial charge in [-0.05, 0) is 31.4 Å². The van der Waals surface area contributed by atoms with Crippen LogP contribution in [-0.2, 0) is 6.42 Å². The third-order valence-corrected chi connectivity index (χ3v) is 5.27. The second-order valence-electron chi connectivity index (χ2n) is 8.23. The van der Waals surface area contributed by atoms with Gasteiger partial charge in [0.05, 0.1) is 6.61 Å². The van der Waals surface area contributed by atoms with E-state index in [1.165, 1.54) is 89.0 Å². The lowest BCUT2D eigenvalue weighted by Crippen LogP contribution is -2.18. The fourth-order valence-corrected chi connectivity index (χ4v) is 3.64. The van der Waals surface area contributed by atoms with Crippen LogP contribution in [0.2, 0.25) is 0 Å². The van der Waals surface area contributed by atoms with Gasteiger partial charge in [0.15, 0.2) is 0 Å². The maximum Gasteiger partial charge on any atom is 0.122 e. The number of rotatable bonds is 18. The molecule has 0 aliphatic heterocycles. The Labute approximate surface area is 169 Å². The molecular weight excluding hydrogens is 330 g/mol. The predicted octanol–water partition coefficient (Wildman–Crippen LogP) is 7.44. The Hall–Kier alpha value is -1.02. The molecular formula is C25H45NO. The highest BCUT2D eigenvalue weighted by molar-refractivity contribution is 5.33. The first-order valence-corrected chi connectivity index (χ1v) is 11.7. The van der Waals surface area contributed by atoms with Crippen molar-refractivity contribution in [1.29, 1.82) is 0 Å². The normalized spacial score (nSPS) is 12.3. The van der Waals surface area contributed by atoms with Gasteiger partial charge in [-0.25, -0.2) is 0 Å². The number of para-hydroxylation sites is 1. The lowest BCUT2D eigenvalue weighted by atomic mass is 10.0. The van der Waals surface area contributed by atoms with E-state index in [9.17, 15) is 0 Å². The molecule has 0 aliphatic carbocycles. The van der Waals surface area contributed by atoms with Crippen molar-refractivity contribution in [2.45, 2.75) is 116 Å². The average molecular weight is 376 g/mol. The summed E-state index contributed by atoms with van der Waals surface area (Å²) in [4.78, 5) is 0. The molecule has 156 valence electrons. The molecule has 0 bridgehead atoms. The Morgan fingerprint density at radius 3 is 1.74 bits per heavy atom. The van der Waals surface area contributed by atoms with Crippen LogP contribution in [0.15, 0.2) is 24.3 Å². The van der Waals surface area contributed by atoms with Gasteiger partial charge in [-0.2, -0.15) is 0 Å². The first kappa shape index (κ1) is 24.0. The zero-order valence-corrected chi connectivity index (χ0v) is 18.2. The summed E-state index contributed by atoms with van der Waals surface area (Å²) in [5.74, 6) is 1.02. The second kappa shape index (κ2) is 17.1. The molecule has 0 saturated carbocycles. The zero-order chi connectivity index (χ0) is 19.6. The summed E-state index contributed by atoms with van der Waals surface area (Å²) in [7, 11) is 0. The highest BCUT2D eigenvalue weighted by atomic mass is 16.5. The molecule has 0 amide bonds. The Bertz CT molecular complexity index is 444. The number of nitrogens with two attached hydrogens (primary N) is 1. The Morgan fingerprint density at radius 1 is 0.741 bits per heavy atom. The number of hydrogen-bond acceptors (Lipinski definition) is 2. The third kappa shape index (κ3) is 13.7. The van der Waals surface area contributed by atoms with Crippen LogP contribution in [0.25, 0.3) is 0 Å². The molecule has 0 radical (unpaired) electrons. The van der Waals surface area contributed by atoms with Crippen LogP contribution < -0.4 is 10.5 Å². The Kier molecular flexibility index (Phi) is 15.2. The van der Waals surface area contributed by atoms with Crippen LogP contribution in [0, 0.1) is 0 Å². The van der Waals surface area contributed by atoms with Crippen LogP contribution in [-0.4, -0.2) is 12.6 Å². The van der Waals surface area contributed by atoms with Crippen molar-refractivity contribution < 1.29 is 4.74 Å². The molecule has 0 aromatic heterocycles. The van der Waals surface area contributed by atoms with E-state index in [2.05, 4.69) is 25.1 Å². The van der Waals surface area contributed by atoms with Crippen molar-refractivity contribution in [3.05, 3.63) is 29.8 Å². The summed E-state index contributed by atoms with van der Waals surface area (Å²) in [6.07, 6.45) is 20.4. The molecule has 0 aliphatic rings. The molecule has 1 atom stereocenters. The first-order chi connectivity index (χ1) is 13.2. The summed E-state index contributed by atoms with van der Waals surface area (Å²) >= 11 is 0. The van der Waals surface area contributed by atoms with Crippen LogP contribution in [0.5, 0.6) is 5.75 Å². The van der Waals surface area contributed by atoms with Gasteiger partial charge in [-0.15, -0.1) is 0 Å². The van der Waals surface area contributed by atoms with Gasteiger partial charge < -0.3 is 10.5 Å². The topological polar surface area (TPSA) is 35.2 Å². The first-order valence-electron chi connectivity index (χ1n) is 11.7. The van der Waals surface area contributed by atoms with E-state index in [0.29, 0.717) is 0 Å². The highest BCUT2D eigenvalue weighted by Gasteiger charge is 2.05. The molecule has 0 heterocycles. The summed E-state index contributed by atoms with van der Waals surface area (Å²) < 4.78 is 5.99. The van der Waals surface area contributed by atoms with Gasteiger partial charge >= 0.3 is 0 Å². The van der Waals surface area contributed by atoms with E-state index >= 15 is 0 Å². The number of benzene rings is 1. The molecule has 2 N–H and O–H groups in total. The van der Waals surface area contributed by atoms with Crippen LogP contribution in [0.1, 0.15) is 109 Å². The van der Waals surface area contributed by atoms with E-state index in [0.717, 1.165) is 25.2 Å². The van der Waals surface area contributed by atoms with Crippen molar-refractivity contribution in [2.75, 3.05) is 6.61 Å². The molecule has 2 heteroatoms.